The fraction of sp³-hybridized carbons (Fsp3) is 0.182. The van der Waals surface area contributed by atoms with Crippen molar-refractivity contribution in [3.8, 4) is 17.2 Å². The van der Waals surface area contributed by atoms with E-state index in [1.807, 2.05) is 13.0 Å². The van der Waals surface area contributed by atoms with Crippen LogP contribution in [0, 0.1) is 23.0 Å². The molecule has 0 aliphatic carbocycles. The van der Waals surface area contributed by atoms with Crippen molar-refractivity contribution in [3.05, 3.63) is 70.2 Å². The first kappa shape index (κ1) is 20.0. The number of imidazole rings is 1. The van der Waals surface area contributed by atoms with Crippen LogP contribution in [0.5, 0.6) is 0 Å². The van der Waals surface area contributed by atoms with Crippen molar-refractivity contribution in [2.75, 3.05) is 11.9 Å². The Hall–Kier alpha value is -3.28. The van der Waals surface area contributed by atoms with Gasteiger partial charge in [0.15, 0.2) is 11.6 Å². The molecule has 0 saturated carbocycles. The Bertz CT molecular complexity index is 1230. The summed E-state index contributed by atoms with van der Waals surface area (Å²) in [6.45, 7) is 2.92. The van der Waals surface area contributed by atoms with Gasteiger partial charge in [-0.3, -0.25) is 0 Å². The van der Waals surface area contributed by atoms with Crippen LogP contribution < -0.4 is 5.32 Å². The molecule has 2 N–H and O–H groups in total. The van der Waals surface area contributed by atoms with E-state index in [-0.39, 0.29) is 11.1 Å². The lowest BCUT2D eigenvalue weighted by atomic mass is 10.0. The van der Waals surface area contributed by atoms with Crippen molar-refractivity contribution < 1.29 is 13.5 Å². The molecular weight excluding hydrogens is 406 g/mol. The van der Waals surface area contributed by atoms with Gasteiger partial charge in [-0.1, -0.05) is 12.1 Å². The van der Waals surface area contributed by atoms with Crippen LogP contribution in [0.25, 0.3) is 22.2 Å². The van der Waals surface area contributed by atoms with E-state index < -0.39 is 17.7 Å². The summed E-state index contributed by atoms with van der Waals surface area (Å²) in [4.78, 5) is 8.04. The van der Waals surface area contributed by atoms with Crippen LogP contribution in [0.3, 0.4) is 0 Å². The molecule has 0 bridgehead atoms. The van der Waals surface area contributed by atoms with Crippen molar-refractivity contribution in [3.63, 3.8) is 0 Å². The van der Waals surface area contributed by atoms with Crippen molar-refractivity contribution >= 4 is 28.1 Å². The third kappa shape index (κ3) is 3.90. The number of hydrogen-bond acceptors (Lipinski definition) is 5. The second-order valence-electron chi connectivity index (χ2n) is 6.61. The molecule has 1 unspecified atom stereocenters. The lowest BCUT2D eigenvalue weighted by molar-refractivity contribution is 0.136. The molecule has 0 fully saturated rings. The second kappa shape index (κ2) is 8.61. The number of ether oxygens (including phenoxy) is 1. The van der Waals surface area contributed by atoms with Gasteiger partial charge < -0.3 is 15.0 Å². The topological polar surface area (TPSA) is 73.7 Å². The monoisotopic (exact) mass is 424 g/mol. The predicted molar refractivity (Wildman–Crippen MR) is 113 cm³/mol. The van der Waals surface area contributed by atoms with Gasteiger partial charge in [0.1, 0.15) is 6.04 Å². The third-order valence-electron chi connectivity index (χ3n) is 4.70. The number of nitrogens with zero attached hydrogens (tertiary/aromatic N) is 2. The van der Waals surface area contributed by atoms with Gasteiger partial charge in [0.2, 0.25) is 0 Å². The van der Waals surface area contributed by atoms with Crippen LogP contribution >= 0.6 is 11.3 Å². The Morgan fingerprint density at radius 1 is 1.23 bits per heavy atom. The smallest absolute Gasteiger partial charge is 0.167 e. The molecule has 1 atom stereocenters. The van der Waals surface area contributed by atoms with E-state index in [9.17, 15) is 14.0 Å². The Morgan fingerprint density at radius 2 is 2.10 bits per heavy atom. The molecule has 0 aliphatic rings. The molecule has 4 rings (SSSR count). The molecule has 2 aromatic heterocycles. The van der Waals surface area contributed by atoms with Gasteiger partial charge in [-0.05, 0) is 42.1 Å². The number of anilines is 1. The van der Waals surface area contributed by atoms with E-state index in [4.69, 9.17) is 4.74 Å². The summed E-state index contributed by atoms with van der Waals surface area (Å²) in [6, 6.07) is 11.0. The number of aromatic amines is 1. The van der Waals surface area contributed by atoms with Crippen LogP contribution in [0.15, 0.2) is 48.1 Å². The van der Waals surface area contributed by atoms with Crippen LogP contribution in [-0.2, 0) is 11.3 Å². The molecule has 0 radical (unpaired) electrons. The maximum Gasteiger partial charge on any atom is 0.167 e. The van der Waals surface area contributed by atoms with Crippen LogP contribution in [-0.4, -0.2) is 16.6 Å². The SMILES string of the molecule is CCOCc1cc(-c2ccc(C(C#N)Nc3ccc4nc[nH]c4c3)c(F)c2F)cs1. The highest BCUT2D eigenvalue weighted by Gasteiger charge is 2.22. The number of nitrogens with one attached hydrogen (secondary N) is 2. The lowest BCUT2D eigenvalue weighted by Gasteiger charge is -2.15. The first-order chi connectivity index (χ1) is 14.6. The van der Waals surface area contributed by atoms with Crippen LogP contribution in [0.4, 0.5) is 14.5 Å². The highest BCUT2D eigenvalue weighted by atomic mass is 32.1. The van der Waals surface area contributed by atoms with Gasteiger partial charge in [0.25, 0.3) is 0 Å². The van der Waals surface area contributed by atoms with E-state index in [0.717, 1.165) is 15.9 Å². The molecule has 4 aromatic rings. The van der Waals surface area contributed by atoms with Crippen molar-refractivity contribution in [2.45, 2.75) is 19.6 Å². The Balaban J connectivity index is 1.61. The van der Waals surface area contributed by atoms with Crippen molar-refractivity contribution in [1.29, 1.82) is 5.26 Å². The molecule has 8 heteroatoms. The fourth-order valence-electron chi connectivity index (χ4n) is 3.18. The van der Waals surface area contributed by atoms with Crippen LogP contribution in [0.2, 0.25) is 0 Å². The summed E-state index contributed by atoms with van der Waals surface area (Å²) in [5.74, 6) is -2.01. The zero-order valence-corrected chi connectivity index (χ0v) is 16.9. The van der Waals surface area contributed by atoms with Gasteiger partial charge in [-0.15, -0.1) is 11.3 Å². The van der Waals surface area contributed by atoms with Gasteiger partial charge in [-0.25, -0.2) is 13.8 Å². The lowest BCUT2D eigenvalue weighted by Crippen LogP contribution is -2.11. The molecule has 0 saturated heterocycles. The van der Waals surface area contributed by atoms with Gasteiger partial charge in [-0.2, -0.15) is 5.26 Å². The average molecular weight is 424 g/mol. The summed E-state index contributed by atoms with van der Waals surface area (Å²) in [5.41, 5.74) is 2.84. The average Bonchev–Trinajstić information content (AvgIpc) is 3.41. The molecule has 30 heavy (non-hydrogen) atoms. The number of nitriles is 1. The number of fused-ring (bicyclic) bond motifs is 1. The minimum absolute atomic E-state index is 0.0479. The third-order valence-corrected chi connectivity index (χ3v) is 5.61. The molecule has 0 spiro atoms. The highest BCUT2D eigenvalue weighted by Crippen LogP contribution is 2.33. The summed E-state index contributed by atoms with van der Waals surface area (Å²) in [5, 5.41) is 14.3. The fourth-order valence-corrected chi connectivity index (χ4v) is 4.00. The maximum atomic E-state index is 14.9. The number of thiophene rings is 1. The minimum Gasteiger partial charge on any atom is -0.376 e. The molecule has 0 aliphatic heterocycles. The molecule has 152 valence electrons. The quantitative estimate of drug-likeness (QED) is 0.394. The summed E-state index contributed by atoms with van der Waals surface area (Å²) in [7, 11) is 0. The van der Waals surface area contributed by atoms with E-state index in [1.165, 1.54) is 23.5 Å². The van der Waals surface area contributed by atoms with E-state index in [1.54, 1.807) is 36.0 Å². The summed E-state index contributed by atoms with van der Waals surface area (Å²) < 4.78 is 35.1. The maximum absolute atomic E-state index is 14.9. The number of rotatable bonds is 7. The molecule has 0 amide bonds. The van der Waals surface area contributed by atoms with Gasteiger partial charge >= 0.3 is 0 Å². The standard InChI is InChI=1S/C22H18F2N4OS/c1-2-29-10-15-7-13(11-30-15)16-4-5-17(22(24)21(16)23)20(9-25)28-14-3-6-18-19(8-14)27-12-26-18/h3-8,11-12,20,28H,2,10H2,1H3,(H,26,27). The predicted octanol–water partition coefficient (Wildman–Crippen LogP) is 5.78. The molecular formula is C22H18F2N4OS. The number of aromatic nitrogens is 2. The number of H-pyrrole nitrogens is 1. The molecule has 2 aromatic carbocycles. The van der Waals surface area contributed by atoms with Gasteiger partial charge in [0, 0.05) is 28.3 Å². The summed E-state index contributed by atoms with van der Waals surface area (Å²) >= 11 is 1.43. The second-order valence-corrected chi connectivity index (χ2v) is 7.61. The zero-order chi connectivity index (χ0) is 21.1. The largest absolute Gasteiger partial charge is 0.376 e. The Morgan fingerprint density at radius 3 is 2.90 bits per heavy atom. The Kier molecular flexibility index (Phi) is 5.74. The van der Waals surface area contributed by atoms with Crippen molar-refractivity contribution in [2.24, 2.45) is 0 Å². The Labute approximate surface area is 176 Å². The number of benzene rings is 2. The van der Waals surface area contributed by atoms with Crippen molar-refractivity contribution in [1.82, 2.24) is 9.97 Å². The number of halogens is 2. The van der Waals surface area contributed by atoms with Crippen LogP contribution in [0.1, 0.15) is 23.4 Å². The molecule has 2 heterocycles. The first-order valence-electron chi connectivity index (χ1n) is 9.33. The normalized spacial score (nSPS) is 12.1. The minimum atomic E-state index is -1.05. The van der Waals surface area contributed by atoms with E-state index in [2.05, 4.69) is 15.3 Å². The first-order valence-corrected chi connectivity index (χ1v) is 10.2. The van der Waals surface area contributed by atoms with E-state index >= 15 is 0 Å². The molecule has 5 nitrogen and oxygen atoms in total. The van der Waals surface area contributed by atoms with Gasteiger partial charge in [0.05, 0.1) is 30.0 Å². The highest BCUT2D eigenvalue weighted by molar-refractivity contribution is 7.10. The van der Waals surface area contributed by atoms with E-state index in [0.29, 0.717) is 24.5 Å². The summed E-state index contributed by atoms with van der Waals surface area (Å²) in [6.07, 6.45) is 1.56. The number of hydrogen-bond donors (Lipinski definition) is 2. The zero-order valence-electron chi connectivity index (χ0n) is 16.1.